The van der Waals surface area contributed by atoms with Crippen LogP contribution in [0.1, 0.15) is 77.3 Å². The van der Waals surface area contributed by atoms with Crippen molar-refractivity contribution >= 4 is 5.57 Å². The molecule has 0 radical (unpaired) electrons. The van der Waals surface area contributed by atoms with Gasteiger partial charge in [0, 0.05) is 0 Å². The summed E-state index contributed by atoms with van der Waals surface area (Å²) < 4.78 is 0. The van der Waals surface area contributed by atoms with Gasteiger partial charge in [0.1, 0.15) is 0 Å². The van der Waals surface area contributed by atoms with Gasteiger partial charge < -0.3 is 0 Å². The molecular weight excluding hydrogens is 240 g/mol. The molecule has 0 unspecified atom stereocenters. The van der Waals surface area contributed by atoms with Crippen molar-refractivity contribution in [2.24, 2.45) is 5.92 Å². The van der Waals surface area contributed by atoms with Crippen molar-refractivity contribution in [1.82, 2.24) is 0 Å². The summed E-state index contributed by atoms with van der Waals surface area (Å²) in [6.07, 6.45) is 10.6. The van der Waals surface area contributed by atoms with Crippen LogP contribution in [0.5, 0.6) is 0 Å². The van der Waals surface area contributed by atoms with E-state index in [0.29, 0.717) is 0 Å². The molecule has 0 atom stereocenters. The summed E-state index contributed by atoms with van der Waals surface area (Å²) in [5.41, 5.74) is 4.73. The molecule has 1 aliphatic rings. The maximum Gasteiger partial charge on any atom is -0.0132 e. The van der Waals surface area contributed by atoms with Gasteiger partial charge in [-0.15, -0.1) is 0 Å². The average Bonchev–Trinajstić information content (AvgIpc) is 2.45. The van der Waals surface area contributed by atoms with E-state index in [1.54, 1.807) is 5.57 Å². The Hall–Kier alpha value is -1.04. The topological polar surface area (TPSA) is 0 Å². The average molecular weight is 270 g/mol. The molecule has 0 amide bonds. The van der Waals surface area contributed by atoms with E-state index in [-0.39, 0.29) is 5.41 Å². The summed E-state index contributed by atoms with van der Waals surface area (Å²) >= 11 is 0. The highest BCUT2D eigenvalue weighted by Crippen LogP contribution is 2.36. The van der Waals surface area contributed by atoms with Crippen LogP contribution >= 0.6 is 0 Å². The molecule has 0 N–H and O–H groups in total. The van der Waals surface area contributed by atoms with E-state index in [0.717, 1.165) is 12.3 Å². The summed E-state index contributed by atoms with van der Waals surface area (Å²) in [6, 6.07) is 9.33. The smallest absolute Gasteiger partial charge is 0.0132 e. The van der Waals surface area contributed by atoms with Crippen LogP contribution in [0, 0.1) is 5.92 Å². The fourth-order valence-electron chi connectivity index (χ4n) is 3.32. The zero-order valence-corrected chi connectivity index (χ0v) is 13.7. The first kappa shape index (κ1) is 15.4. The van der Waals surface area contributed by atoms with Crippen molar-refractivity contribution in [2.45, 2.75) is 71.6 Å². The summed E-state index contributed by atoms with van der Waals surface area (Å²) in [5, 5.41) is 0. The molecule has 0 heterocycles. The second kappa shape index (κ2) is 6.61. The third-order valence-electron chi connectivity index (χ3n) is 4.55. The highest BCUT2D eigenvalue weighted by molar-refractivity contribution is 5.67. The predicted octanol–water partition coefficient (Wildman–Crippen LogP) is 6.36. The summed E-state index contributed by atoms with van der Waals surface area (Å²) in [4.78, 5) is 0. The van der Waals surface area contributed by atoms with Crippen molar-refractivity contribution in [2.75, 3.05) is 0 Å². The Morgan fingerprint density at radius 1 is 1.05 bits per heavy atom. The molecule has 110 valence electrons. The van der Waals surface area contributed by atoms with E-state index in [1.165, 1.54) is 43.2 Å². The Bertz CT molecular complexity index is 436. The SMILES string of the molecule is CCC=C(c1ccc(C(C)(C)C)cc1)C1CCCCC1. The lowest BCUT2D eigenvalue weighted by Crippen LogP contribution is -2.12. The molecule has 1 aromatic carbocycles. The fourth-order valence-corrected chi connectivity index (χ4v) is 3.32. The molecule has 1 fully saturated rings. The summed E-state index contributed by atoms with van der Waals surface area (Å²) in [6.45, 7) is 9.11. The molecule has 0 aromatic heterocycles. The Kier molecular flexibility index (Phi) is 5.07. The molecule has 0 heteroatoms. The fraction of sp³-hybridized carbons (Fsp3) is 0.600. The van der Waals surface area contributed by atoms with Crippen LogP contribution in [0.3, 0.4) is 0 Å². The van der Waals surface area contributed by atoms with Crippen molar-refractivity contribution < 1.29 is 0 Å². The second-order valence-corrected chi connectivity index (χ2v) is 7.23. The quantitative estimate of drug-likeness (QED) is 0.599. The minimum Gasteiger partial charge on any atom is -0.0807 e. The van der Waals surface area contributed by atoms with E-state index in [9.17, 15) is 0 Å². The van der Waals surface area contributed by atoms with Gasteiger partial charge >= 0.3 is 0 Å². The Balaban J connectivity index is 2.23. The van der Waals surface area contributed by atoms with Gasteiger partial charge in [-0.1, -0.05) is 77.3 Å². The van der Waals surface area contributed by atoms with Gasteiger partial charge in [-0.3, -0.25) is 0 Å². The number of rotatable bonds is 3. The standard InChI is InChI=1S/C20H30/c1-5-9-19(16-10-7-6-8-11-16)17-12-14-18(15-13-17)20(2,3)4/h9,12-16H,5-8,10-11H2,1-4H3. The minimum atomic E-state index is 0.248. The largest absolute Gasteiger partial charge is 0.0807 e. The zero-order valence-electron chi connectivity index (χ0n) is 13.7. The first-order valence-electron chi connectivity index (χ1n) is 8.33. The van der Waals surface area contributed by atoms with E-state index in [4.69, 9.17) is 0 Å². The minimum absolute atomic E-state index is 0.248. The van der Waals surface area contributed by atoms with E-state index in [2.05, 4.69) is 58.0 Å². The molecule has 20 heavy (non-hydrogen) atoms. The van der Waals surface area contributed by atoms with Crippen molar-refractivity contribution in [3.05, 3.63) is 41.5 Å². The third-order valence-corrected chi connectivity index (χ3v) is 4.55. The van der Waals surface area contributed by atoms with Gasteiger partial charge in [-0.25, -0.2) is 0 Å². The van der Waals surface area contributed by atoms with Crippen LogP contribution in [0.25, 0.3) is 5.57 Å². The lowest BCUT2D eigenvalue weighted by Gasteiger charge is -2.26. The number of hydrogen-bond acceptors (Lipinski definition) is 0. The van der Waals surface area contributed by atoms with Crippen LogP contribution in [-0.2, 0) is 5.41 Å². The normalized spacial score (nSPS) is 18.3. The molecule has 0 aliphatic heterocycles. The molecule has 1 aromatic rings. The van der Waals surface area contributed by atoms with Crippen LogP contribution in [0.2, 0.25) is 0 Å². The molecular formula is C20H30. The van der Waals surface area contributed by atoms with E-state index >= 15 is 0 Å². The molecule has 0 saturated heterocycles. The van der Waals surface area contributed by atoms with Gasteiger partial charge in [0.05, 0.1) is 0 Å². The van der Waals surface area contributed by atoms with Crippen molar-refractivity contribution in [1.29, 1.82) is 0 Å². The third kappa shape index (κ3) is 3.75. The molecule has 2 rings (SSSR count). The Morgan fingerprint density at radius 2 is 1.65 bits per heavy atom. The number of allylic oxidation sites excluding steroid dienone is 2. The van der Waals surface area contributed by atoms with Gasteiger partial charge in [0.15, 0.2) is 0 Å². The number of hydrogen-bond donors (Lipinski definition) is 0. The van der Waals surface area contributed by atoms with Crippen LogP contribution < -0.4 is 0 Å². The second-order valence-electron chi connectivity index (χ2n) is 7.23. The molecule has 1 aliphatic carbocycles. The highest BCUT2D eigenvalue weighted by atomic mass is 14.2. The van der Waals surface area contributed by atoms with Gasteiger partial charge in [0.2, 0.25) is 0 Å². The van der Waals surface area contributed by atoms with Crippen LogP contribution in [-0.4, -0.2) is 0 Å². The Labute approximate surface area is 125 Å². The molecule has 0 spiro atoms. The Morgan fingerprint density at radius 3 is 2.15 bits per heavy atom. The first-order valence-corrected chi connectivity index (χ1v) is 8.33. The zero-order chi connectivity index (χ0) is 14.6. The molecule has 0 nitrogen and oxygen atoms in total. The van der Waals surface area contributed by atoms with Crippen LogP contribution in [0.15, 0.2) is 30.3 Å². The van der Waals surface area contributed by atoms with E-state index in [1.807, 2.05) is 0 Å². The monoisotopic (exact) mass is 270 g/mol. The maximum atomic E-state index is 2.46. The van der Waals surface area contributed by atoms with Crippen molar-refractivity contribution in [3.8, 4) is 0 Å². The first-order chi connectivity index (χ1) is 9.52. The van der Waals surface area contributed by atoms with E-state index < -0.39 is 0 Å². The highest BCUT2D eigenvalue weighted by Gasteiger charge is 2.19. The lowest BCUT2D eigenvalue weighted by atomic mass is 9.79. The van der Waals surface area contributed by atoms with Gasteiger partial charge in [-0.2, -0.15) is 0 Å². The summed E-state index contributed by atoms with van der Waals surface area (Å²) in [5.74, 6) is 0.796. The van der Waals surface area contributed by atoms with Crippen LogP contribution in [0.4, 0.5) is 0 Å². The maximum absolute atomic E-state index is 2.46. The lowest BCUT2D eigenvalue weighted by molar-refractivity contribution is 0.429. The van der Waals surface area contributed by atoms with Gasteiger partial charge in [-0.05, 0) is 47.3 Å². The van der Waals surface area contributed by atoms with Crippen molar-refractivity contribution in [3.63, 3.8) is 0 Å². The summed E-state index contributed by atoms with van der Waals surface area (Å²) in [7, 11) is 0. The predicted molar refractivity (Wildman–Crippen MR) is 90.0 cm³/mol. The number of benzene rings is 1. The molecule has 0 bridgehead atoms. The van der Waals surface area contributed by atoms with Gasteiger partial charge in [0.25, 0.3) is 0 Å². The molecule has 1 saturated carbocycles.